The average Bonchev–Trinajstić information content (AvgIpc) is 1.67. The third-order valence-electron chi connectivity index (χ3n) is 18.6. The number of carbonyl (C=O) groups is 3. The van der Waals surface area contributed by atoms with Gasteiger partial charge in [-0.3, -0.25) is 4.79 Å². The van der Waals surface area contributed by atoms with E-state index in [1.54, 1.807) is 14.2 Å². The van der Waals surface area contributed by atoms with Crippen LogP contribution in [0.4, 0.5) is 9.59 Å². The number of amides is 3. The number of benzene rings is 6. The first kappa shape index (κ1) is 65.3. The molecule has 6 aromatic carbocycles. The molecule has 3 heterocycles. The number of hydrogen-bond acceptors (Lipinski definition) is 9. The first-order valence-corrected chi connectivity index (χ1v) is 32.4. The van der Waals surface area contributed by atoms with Gasteiger partial charge in [-0.25, -0.2) is 9.59 Å². The lowest BCUT2D eigenvalue weighted by molar-refractivity contribution is -0.135. The molecule has 5 aliphatic rings. The zero-order valence-corrected chi connectivity index (χ0v) is 54.0. The van der Waals surface area contributed by atoms with Crippen LogP contribution >= 0.6 is 0 Å². The second-order valence-electron chi connectivity index (χ2n) is 27.3. The number of likely N-dealkylation sites (tertiary alicyclic amines) is 2. The third-order valence-corrected chi connectivity index (χ3v) is 18.6. The summed E-state index contributed by atoms with van der Waals surface area (Å²) in [5.41, 5.74) is 5.79. The number of nitrogens with zero attached hydrogens (tertiary/aromatic N) is 4. The molecule has 0 atom stereocenters. The van der Waals surface area contributed by atoms with Gasteiger partial charge < -0.3 is 43.3 Å². The standard InChI is InChI=1S/C36H44N2O4.C36H46N2O3.C4H8O/c1-34(2,3)42-33(40)38(24-19-28-11-7-5-8-12-28)27-35(29-13-9-6-10-14-29)22-25-37(26-23-35)32(39)36(20-21-36)30-15-17-31(41-4)18-16-30;1-34(2,3)41-33(39)38(24-19-29-11-7-5-8-12-29)28-36(30-13-9-6-10-14-30)22-25-37(26-23-36)27-35(20-21-35)31-15-17-32(40-4)18-16-31;1-2-4-5-3-1/h5-18H,19-27H2,1-4H3;5-18H,19-28H2,1-4H3;1-4H2. The number of methoxy groups -OCH3 is 2. The molecule has 5 fully saturated rings. The molecule has 6 aromatic rings. The predicted octanol–water partition coefficient (Wildman–Crippen LogP) is 14.8. The van der Waals surface area contributed by atoms with Crippen LogP contribution in [0.3, 0.4) is 0 Å². The summed E-state index contributed by atoms with van der Waals surface area (Å²) in [6.45, 7) is 20.4. The van der Waals surface area contributed by atoms with Gasteiger partial charge in [0.25, 0.3) is 0 Å². The van der Waals surface area contributed by atoms with Gasteiger partial charge in [0.15, 0.2) is 0 Å². The van der Waals surface area contributed by atoms with Crippen LogP contribution in [0.25, 0.3) is 0 Å². The molecule has 0 bridgehead atoms. The van der Waals surface area contributed by atoms with Gasteiger partial charge in [0.2, 0.25) is 5.91 Å². The summed E-state index contributed by atoms with van der Waals surface area (Å²) in [7, 11) is 3.38. The van der Waals surface area contributed by atoms with Crippen LogP contribution in [-0.2, 0) is 53.5 Å². The maximum Gasteiger partial charge on any atom is 0.410 e. The van der Waals surface area contributed by atoms with Crippen LogP contribution in [0, 0.1) is 0 Å². The second-order valence-corrected chi connectivity index (χ2v) is 27.3. The molecular weight excluding hydrogens is 1100 g/mol. The van der Waals surface area contributed by atoms with Crippen LogP contribution < -0.4 is 9.47 Å². The SMILES string of the molecule is C1CCOC1.COc1ccc(C2(C(=O)N3CCC(CN(CCc4ccccc4)C(=O)OC(C)(C)C)(c4ccccc4)CC3)CC2)cc1.COc1ccc(C2(CN3CCC(CN(CCc4ccccc4)C(=O)OC(C)(C)C)(c4ccccc4)CC3)CC2)cc1. The van der Waals surface area contributed by atoms with Crippen LogP contribution in [0.15, 0.2) is 170 Å². The fourth-order valence-corrected chi connectivity index (χ4v) is 13.1. The lowest BCUT2D eigenvalue weighted by Crippen LogP contribution is -2.53. The summed E-state index contributed by atoms with van der Waals surface area (Å²) in [5.74, 6) is 1.94. The Balaban J connectivity index is 0.000000194. The fraction of sp³-hybridized carbons (Fsp3) is 0.487. The van der Waals surface area contributed by atoms with Gasteiger partial charge >= 0.3 is 12.2 Å². The van der Waals surface area contributed by atoms with Crippen molar-refractivity contribution in [3.63, 3.8) is 0 Å². The van der Waals surface area contributed by atoms with E-state index >= 15 is 0 Å². The molecule has 470 valence electrons. The minimum atomic E-state index is -0.586. The van der Waals surface area contributed by atoms with Crippen molar-refractivity contribution < 1.29 is 38.1 Å². The lowest BCUT2D eigenvalue weighted by atomic mass is 9.72. The van der Waals surface area contributed by atoms with E-state index in [1.165, 1.54) is 53.5 Å². The average molecular weight is 1200 g/mol. The highest BCUT2D eigenvalue weighted by Crippen LogP contribution is 2.52. The minimum absolute atomic E-state index is 0.109. The number of piperidine rings is 2. The Labute approximate surface area is 525 Å². The smallest absolute Gasteiger partial charge is 0.410 e. The zero-order valence-electron chi connectivity index (χ0n) is 54.0. The molecule has 11 rings (SSSR count). The molecule has 3 aliphatic heterocycles. The monoisotopic (exact) mass is 1190 g/mol. The number of carbonyl (C=O) groups excluding carboxylic acids is 3. The van der Waals surface area contributed by atoms with Crippen molar-refractivity contribution in [3.8, 4) is 11.5 Å². The van der Waals surface area contributed by atoms with Crippen molar-refractivity contribution in [1.82, 2.24) is 19.6 Å². The normalized spacial score (nSPS) is 18.0. The Kier molecular flexibility index (Phi) is 21.8. The highest BCUT2D eigenvalue weighted by atomic mass is 16.6. The van der Waals surface area contributed by atoms with Crippen molar-refractivity contribution >= 4 is 18.1 Å². The summed E-state index contributed by atoms with van der Waals surface area (Å²) in [5, 5.41) is 0. The van der Waals surface area contributed by atoms with Crippen LogP contribution in [0.5, 0.6) is 11.5 Å². The summed E-state index contributed by atoms with van der Waals surface area (Å²) in [4.78, 5) is 49.7. The van der Waals surface area contributed by atoms with E-state index in [0.29, 0.717) is 39.3 Å². The summed E-state index contributed by atoms with van der Waals surface area (Å²) in [6.07, 6.45) is 11.4. The van der Waals surface area contributed by atoms with Gasteiger partial charge in [-0.05, 0) is 189 Å². The molecule has 3 amide bonds. The molecule has 0 radical (unpaired) electrons. The molecule has 2 saturated carbocycles. The van der Waals surface area contributed by atoms with Gasteiger partial charge in [-0.2, -0.15) is 0 Å². The molecule has 0 N–H and O–H groups in total. The third kappa shape index (κ3) is 17.6. The van der Waals surface area contributed by atoms with Crippen molar-refractivity contribution in [2.75, 3.05) is 86.3 Å². The molecule has 12 nitrogen and oxygen atoms in total. The van der Waals surface area contributed by atoms with Crippen LogP contribution in [0.2, 0.25) is 0 Å². The topological polar surface area (TPSA) is 110 Å². The first-order valence-electron chi connectivity index (χ1n) is 32.4. The van der Waals surface area contributed by atoms with Crippen molar-refractivity contribution in [2.45, 2.75) is 151 Å². The van der Waals surface area contributed by atoms with Gasteiger partial charge in [-0.1, -0.05) is 146 Å². The van der Waals surface area contributed by atoms with E-state index in [-0.39, 0.29) is 34.3 Å². The van der Waals surface area contributed by atoms with Crippen LogP contribution in [0.1, 0.15) is 139 Å². The molecule has 12 heteroatoms. The Morgan fingerprint density at radius 3 is 1.18 bits per heavy atom. The van der Waals surface area contributed by atoms with E-state index < -0.39 is 16.6 Å². The van der Waals surface area contributed by atoms with Gasteiger partial charge in [0.1, 0.15) is 22.7 Å². The Morgan fingerprint density at radius 2 is 0.830 bits per heavy atom. The number of ether oxygens (including phenoxy) is 5. The van der Waals surface area contributed by atoms with Gasteiger partial charge in [-0.15, -0.1) is 0 Å². The van der Waals surface area contributed by atoms with Gasteiger partial charge in [0, 0.05) is 75.3 Å². The van der Waals surface area contributed by atoms with E-state index in [4.69, 9.17) is 23.7 Å². The number of hydrogen-bond donors (Lipinski definition) is 0. The maximum atomic E-state index is 13.9. The fourth-order valence-electron chi connectivity index (χ4n) is 13.1. The summed E-state index contributed by atoms with van der Waals surface area (Å²) in [6, 6.07) is 58.7. The Bertz CT molecular complexity index is 3090. The largest absolute Gasteiger partial charge is 0.497 e. The molecule has 0 unspecified atom stereocenters. The summed E-state index contributed by atoms with van der Waals surface area (Å²) >= 11 is 0. The molecule has 0 aromatic heterocycles. The van der Waals surface area contributed by atoms with E-state index in [9.17, 15) is 14.4 Å². The molecule has 88 heavy (non-hydrogen) atoms. The molecular formula is C76H98N4O8. The highest BCUT2D eigenvalue weighted by molar-refractivity contribution is 5.91. The minimum Gasteiger partial charge on any atom is -0.497 e. The second kappa shape index (κ2) is 29.4. The van der Waals surface area contributed by atoms with Crippen molar-refractivity contribution in [1.29, 1.82) is 0 Å². The van der Waals surface area contributed by atoms with Gasteiger partial charge in [0.05, 0.1) is 19.6 Å². The maximum absolute atomic E-state index is 13.9. The zero-order chi connectivity index (χ0) is 62.3. The van der Waals surface area contributed by atoms with E-state index in [0.717, 1.165) is 101 Å². The van der Waals surface area contributed by atoms with Crippen LogP contribution in [-0.4, -0.2) is 135 Å². The van der Waals surface area contributed by atoms with Crippen molar-refractivity contribution in [2.24, 2.45) is 0 Å². The van der Waals surface area contributed by atoms with Crippen molar-refractivity contribution in [3.05, 3.63) is 203 Å². The highest BCUT2D eigenvalue weighted by Gasteiger charge is 2.54. The Morgan fingerprint density at radius 1 is 0.455 bits per heavy atom. The van der Waals surface area contributed by atoms with E-state index in [1.807, 2.05) is 106 Å². The Hall–Kier alpha value is -7.15. The predicted molar refractivity (Wildman–Crippen MR) is 351 cm³/mol. The van der Waals surface area contributed by atoms with E-state index in [2.05, 4.69) is 125 Å². The molecule has 2 aliphatic carbocycles. The molecule has 0 spiro atoms. The first-order chi connectivity index (χ1) is 42.3. The molecule has 3 saturated heterocycles. The summed E-state index contributed by atoms with van der Waals surface area (Å²) < 4.78 is 27.5. The quantitative estimate of drug-likeness (QED) is 0.0783. The lowest BCUT2D eigenvalue weighted by Gasteiger charge is -2.45. The number of rotatable bonds is 19.